The molecule has 3 aromatic rings. The molecule has 5 heteroatoms. The highest BCUT2D eigenvalue weighted by Crippen LogP contribution is 2.34. The van der Waals surface area contributed by atoms with Crippen molar-refractivity contribution in [3.8, 4) is 5.75 Å². The fraction of sp³-hybridized carbons (Fsp3) is 0.278. The first-order chi connectivity index (χ1) is 11.3. The molecule has 0 amide bonds. The third-order valence-electron chi connectivity index (χ3n) is 4.26. The van der Waals surface area contributed by atoms with Crippen LogP contribution in [0.2, 0.25) is 0 Å². The van der Waals surface area contributed by atoms with E-state index in [1.165, 1.54) is 10.4 Å². The summed E-state index contributed by atoms with van der Waals surface area (Å²) in [5.41, 5.74) is 2.28. The van der Waals surface area contributed by atoms with E-state index in [1.807, 2.05) is 12.1 Å². The number of para-hydroxylation sites is 2. The van der Waals surface area contributed by atoms with Crippen LogP contribution in [-0.2, 0) is 0 Å². The van der Waals surface area contributed by atoms with Crippen LogP contribution >= 0.6 is 11.3 Å². The highest BCUT2D eigenvalue weighted by Gasteiger charge is 2.20. The Morgan fingerprint density at radius 1 is 0.913 bits per heavy atom. The Kier molecular flexibility index (Phi) is 3.79. The summed E-state index contributed by atoms with van der Waals surface area (Å²) in [7, 11) is 1.70. The number of nitrogens with zero attached hydrogens (tertiary/aromatic N) is 3. The molecule has 1 aliphatic rings. The molecule has 23 heavy (non-hydrogen) atoms. The lowest BCUT2D eigenvalue weighted by Gasteiger charge is -2.35. The van der Waals surface area contributed by atoms with Crippen molar-refractivity contribution >= 4 is 32.4 Å². The van der Waals surface area contributed by atoms with Crippen LogP contribution in [0.15, 0.2) is 48.5 Å². The fourth-order valence-corrected chi connectivity index (χ4v) is 4.04. The molecule has 0 bridgehead atoms. The van der Waals surface area contributed by atoms with E-state index < -0.39 is 0 Å². The predicted octanol–water partition coefficient (Wildman–Crippen LogP) is 3.63. The minimum Gasteiger partial charge on any atom is -0.494 e. The number of rotatable bonds is 3. The van der Waals surface area contributed by atoms with Crippen molar-refractivity contribution in [2.45, 2.75) is 0 Å². The van der Waals surface area contributed by atoms with Gasteiger partial charge < -0.3 is 14.5 Å². The van der Waals surface area contributed by atoms with Gasteiger partial charge in [0.25, 0.3) is 0 Å². The van der Waals surface area contributed by atoms with Gasteiger partial charge in [-0.25, -0.2) is 4.98 Å². The van der Waals surface area contributed by atoms with E-state index in [2.05, 4.69) is 46.2 Å². The van der Waals surface area contributed by atoms with E-state index in [4.69, 9.17) is 9.72 Å². The normalized spacial score (nSPS) is 15.2. The smallest absolute Gasteiger partial charge is 0.186 e. The third kappa shape index (κ3) is 2.72. The van der Waals surface area contributed by atoms with Crippen LogP contribution in [0.3, 0.4) is 0 Å². The number of anilines is 2. The Balaban J connectivity index is 1.52. The molecular weight excluding hydrogens is 306 g/mol. The van der Waals surface area contributed by atoms with Gasteiger partial charge in [-0.2, -0.15) is 0 Å². The van der Waals surface area contributed by atoms with Crippen LogP contribution in [0.25, 0.3) is 10.2 Å². The maximum Gasteiger partial charge on any atom is 0.186 e. The van der Waals surface area contributed by atoms with Gasteiger partial charge in [0.2, 0.25) is 0 Å². The summed E-state index contributed by atoms with van der Waals surface area (Å²) in [4.78, 5) is 9.62. The van der Waals surface area contributed by atoms with Crippen molar-refractivity contribution in [3.63, 3.8) is 0 Å². The van der Waals surface area contributed by atoms with Crippen LogP contribution in [-0.4, -0.2) is 38.3 Å². The molecule has 0 radical (unpaired) electrons. The van der Waals surface area contributed by atoms with Crippen molar-refractivity contribution in [2.24, 2.45) is 0 Å². The quantitative estimate of drug-likeness (QED) is 0.735. The van der Waals surface area contributed by atoms with E-state index in [9.17, 15) is 0 Å². The van der Waals surface area contributed by atoms with Crippen molar-refractivity contribution in [2.75, 3.05) is 43.1 Å². The first-order valence-electron chi connectivity index (χ1n) is 7.83. The summed E-state index contributed by atoms with van der Waals surface area (Å²) in [6.07, 6.45) is 0. The lowest BCUT2D eigenvalue weighted by Crippen LogP contribution is -2.46. The zero-order chi connectivity index (χ0) is 15.6. The summed E-state index contributed by atoms with van der Waals surface area (Å²) in [6, 6.07) is 16.7. The summed E-state index contributed by atoms with van der Waals surface area (Å²) in [6.45, 7) is 4.04. The zero-order valence-electron chi connectivity index (χ0n) is 13.1. The highest BCUT2D eigenvalue weighted by molar-refractivity contribution is 7.22. The van der Waals surface area contributed by atoms with Crippen molar-refractivity contribution in [1.82, 2.24) is 4.98 Å². The predicted molar refractivity (Wildman–Crippen MR) is 97.0 cm³/mol. The third-order valence-corrected chi connectivity index (χ3v) is 5.34. The lowest BCUT2D eigenvalue weighted by molar-refractivity contribution is 0.419. The van der Waals surface area contributed by atoms with Gasteiger partial charge in [-0.3, -0.25) is 0 Å². The van der Waals surface area contributed by atoms with Crippen molar-refractivity contribution in [1.29, 1.82) is 0 Å². The summed E-state index contributed by atoms with van der Waals surface area (Å²) in [5.74, 6) is 0.855. The van der Waals surface area contributed by atoms with Gasteiger partial charge in [0.15, 0.2) is 5.13 Å². The number of methoxy groups -OCH3 is 1. The lowest BCUT2D eigenvalue weighted by atomic mass is 10.2. The monoisotopic (exact) mass is 325 g/mol. The van der Waals surface area contributed by atoms with Gasteiger partial charge in [-0.05, 0) is 24.3 Å². The SMILES string of the molecule is COc1cccc2sc(N3CCN(c4ccccc4)CC3)nc12. The zero-order valence-corrected chi connectivity index (χ0v) is 13.9. The molecule has 0 saturated carbocycles. The molecule has 1 saturated heterocycles. The topological polar surface area (TPSA) is 28.6 Å². The molecule has 0 aliphatic carbocycles. The molecule has 0 spiro atoms. The number of hydrogen-bond donors (Lipinski definition) is 0. The fourth-order valence-electron chi connectivity index (χ4n) is 3.01. The van der Waals surface area contributed by atoms with E-state index in [-0.39, 0.29) is 0 Å². The van der Waals surface area contributed by atoms with Gasteiger partial charge in [0, 0.05) is 31.9 Å². The molecule has 118 valence electrons. The Hall–Kier alpha value is -2.27. The Morgan fingerprint density at radius 2 is 1.65 bits per heavy atom. The average Bonchev–Trinajstić information content (AvgIpc) is 3.07. The number of ether oxygens (including phenoxy) is 1. The first kappa shape index (κ1) is 14.3. The molecule has 4 nitrogen and oxygen atoms in total. The molecular formula is C18H19N3OS. The minimum atomic E-state index is 0.855. The number of hydrogen-bond acceptors (Lipinski definition) is 5. The number of thiazole rings is 1. The van der Waals surface area contributed by atoms with Crippen LogP contribution < -0.4 is 14.5 Å². The number of aromatic nitrogens is 1. The van der Waals surface area contributed by atoms with Gasteiger partial charge in [0.05, 0.1) is 11.8 Å². The minimum absolute atomic E-state index is 0.855. The number of fused-ring (bicyclic) bond motifs is 1. The molecule has 0 N–H and O–H groups in total. The Bertz CT molecular complexity index is 794. The summed E-state index contributed by atoms with van der Waals surface area (Å²) >= 11 is 1.75. The van der Waals surface area contributed by atoms with Gasteiger partial charge in [0.1, 0.15) is 11.3 Å². The average molecular weight is 325 g/mol. The molecule has 2 aromatic carbocycles. The maximum absolute atomic E-state index is 5.42. The van der Waals surface area contributed by atoms with Crippen LogP contribution in [0.1, 0.15) is 0 Å². The van der Waals surface area contributed by atoms with E-state index in [0.29, 0.717) is 0 Å². The molecule has 2 heterocycles. The van der Waals surface area contributed by atoms with E-state index in [1.54, 1.807) is 18.4 Å². The molecule has 1 aliphatic heterocycles. The number of piperazine rings is 1. The second-order valence-electron chi connectivity index (χ2n) is 5.61. The standard InChI is InChI=1S/C18H19N3OS/c1-22-15-8-5-9-16-17(15)19-18(23-16)21-12-10-20(11-13-21)14-6-3-2-4-7-14/h2-9H,10-13H2,1H3. The maximum atomic E-state index is 5.42. The van der Waals surface area contributed by atoms with Gasteiger partial charge in [-0.1, -0.05) is 35.6 Å². The van der Waals surface area contributed by atoms with Crippen LogP contribution in [0.4, 0.5) is 10.8 Å². The molecule has 4 rings (SSSR count). The van der Waals surface area contributed by atoms with E-state index in [0.717, 1.165) is 42.6 Å². The van der Waals surface area contributed by atoms with Crippen molar-refractivity contribution < 1.29 is 4.74 Å². The van der Waals surface area contributed by atoms with Crippen LogP contribution in [0, 0.1) is 0 Å². The number of benzene rings is 2. The van der Waals surface area contributed by atoms with E-state index >= 15 is 0 Å². The largest absolute Gasteiger partial charge is 0.494 e. The first-order valence-corrected chi connectivity index (χ1v) is 8.65. The Labute approximate surface area is 139 Å². The summed E-state index contributed by atoms with van der Waals surface area (Å²) < 4.78 is 6.61. The second kappa shape index (κ2) is 6.08. The van der Waals surface area contributed by atoms with Crippen LogP contribution in [0.5, 0.6) is 5.75 Å². The Morgan fingerprint density at radius 3 is 2.39 bits per heavy atom. The molecule has 1 aromatic heterocycles. The van der Waals surface area contributed by atoms with Gasteiger partial charge >= 0.3 is 0 Å². The van der Waals surface area contributed by atoms with Gasteiger partial charge in [-0.15, -0.1) is 0 Å². The second-order valence-corrected chi connectivity index (χ2v) is 6.62. The summed E-state index contributed by atoms with van der Waals surface area (Å²) in [5, 5.41) is 1.09. The molecule has 0 unspecified atom stereocenters. The molecule has 1 fully saturated rings. The highest BCUT2D eigenvalue weighted by atomic mass is 32.1. The van der Waals surface area contributed by atoms with Crippen molar-refractivity contribution in [3.05, 3.63) is 48.5 Å². The molecule has 0 atom stereocenters.